The maximum Gasteiger partial charge on any atom is 0.271 e. The topological polar surface area (TPSA) is 69.2 Å². The molecule has 0 spiro atoms. The van der Waals surface area contributed by atoms with Gasteiger partial charge in [-0.25, -0.2) is 5.43 Å². The van der Waals surface area contributed by atoms with Crippen LogP contribution < -0.4 is 19.6 Å². The summed E-state index contributed by atoms with van der Waals surface area (Å²) in [5.74, 6) is 1.27. The quantitative estimate of drug-likeness (QED) is 0.165. The van der Waals surface area contributed by atoms with Gasteiger partial charge in [-0.05, 0) is 86.5 Å². The maximum absolute atomic E-state index is 12.4. The number of nitrogens with one attached hydrogen (secondary N) is 1. The zero-order valence-corrected chi connectivity index (χ0v) is 22.8. The third-order valence-corrected chi connectivity index (χ3v) is 6.50. The Morgan fingerprint density at radius 2 is 1.85 bits per heavy atom. The third-order valence-electron chi connectivity index (χ3n) is 4.43. The molecule has 3 aromatic rings. The van der Waals surface area contributed by atoms with Crippen LogP contribution in [0.15, 0.2) is 58.1 Å². The van der Waals surface area contributed by atoms with E-state index in [-0.39, 0.29) is 12.5 Å². The molecule has 0 atom stereocenters. The molecule has 1 N–H and O–H groups in total. The molecule has 0 aromatic heterocycles. The first-order valence-corrected chi connectivity index (χ1v) is 12.1. The maximum atomic E-state index is 12.4. The number of ether oxygens (including phenoxy) is 3. The van der Waals surface area contributed by atoms with Crippen LogP contribution in [-0.4, -0.2) is 26.3 Å². The van der Waals surface area contributed by atoms with E-state index in [1.54, 1.807) is 55.6 Å². The summed E-state index contributed by atoms with van der Waals surface area (Å²) >= 11 is 17.8. The van der Waals surface area contributed by atoms with Crippen molar-refractivity contribution in [3.05, 3.63) is 83.3 Å². The van der Waals surface area contributed by atoms with Gasteiger partial charge in [-0.3, -0.25) is 4.79 Å². The van der Waals surface area contributed by atoms with Gasteiger partial charge >= 0.3 is 0 Å². The van der Waals surface area contributed by atoms with Gasteiger partial charge in [-0.1, -0.05) is 29.3 Å². The summed E-state index contributed by atoms with van der Waals surface area (Å²) in [5, 5.41) is 5.11. The number of halogens is 4. The Kier molecular flexibility index (Phi) is 9.25. The highest BCUT2D eigenvalue weighted by Crippen LogP contribution is 2.37. The van der Waals surface area contributed by atoms with Gasteiger partial charge in [-0.2, -0.15) is 5.10 Å². The molecular formula is C23H18BrCl2IN2O4. The van der Waals surface area contributed by atoms with Crippen molar-refractivity contribution >= 4 is 73.8 Å². The summed E-state index contributed by atoms with van der Waals surface area (Å²) < 4.78 is 18.2. The standard InChI is InChI=1S/C23H18BrCl2IN2O4/c1-31-20-9-14(4-6-19(20)27)23(30)29-28-11-13-7-17(24)22(21(8-13)32-2)33-12-15-3-5-16(25)10-18(15)26/h3-11H,12H2,1-2H3,(H,29,30)/b28-11-. The van der Waals surface area contributed by atoms with Crippen LogP contribution in [0.2, 0.25) is 10.0 Å². The van der Waals surface area contributed by atoms with Gasteiger partial charge in [-0.15, -0.1) is 0 Å². The molecule has 0 fully saturated rings. The van der Waals surface area contributed by atoms with E-state index in [0.29, 0.717) is 42.9 Å². The number of carbonyl (C=O) groups excluding carboxylic acids is 1. The molecule has 1 amide bonds. The monoisotopic (exact) mass is 662 g/mol. The number of methoxy groups -OCH3 is 2. The lowest BCUT2D eigenvalue weighted by molar-refractivity contribution is 0.0954. The normalized spacial score (nSPS) is 10.8. The second-order valence-electron chi connectivity index (χ2n) is 6.61. The molecule has 0 bridgehead atoms. The van der Waals surface area contributed by atoms with Gasteiger partial charge in [0.15, 0.2) is 11.5 Å². The highest BCUT2D eigenvalue weighted by molar-refractivity contribution is 14.1. The molecule has 0 aliphatic heterocycles. The predicted molar refractivity (Wildman–Crippen MR) is 142 cm³/mol. The molecule has 0 saturated heterocycles. The zero-order chi connectivity index (χ0) is 24.0. The fraction of sp³-hybridized carbons (Fsp3) is 0.130. The Morgan fingerprint density at radius 3 is 2.55 bits per heavy atom. The van der Waals surface area contributed by atoms with Crippen LogP contribution in [0.1, 0.15) is 21.5 Å². The second-order valence-corrected chi connectivity index (χ2v) is 9.47. The third kappa shape index (κ3) is 6.75. The lowest BCUT2D eigenvalue weighted by Gasteiger charge is -2.14. The molecule has 3 rings (SSSR count). The van der Waals surface area contributed by atoms with Crippen molar-refractivity contribution in [3.8, 4) is 17.2 Å². The first-order chi connectivity index (χ1) is 15.8. The average molecular weight is 664 g/mol. The van der Waals surface area contributed by atoms with Gasteiger partial charge in [0.25, 0.3) is 5.91 Å². The molecule has 10 heteroatoms. The fourth-order valence-electron chi connectivity index (χ4n) is 2.77. The minimum absolute atomic E-state index is 0.230. The minimum Gasteiger partial charge on any atom is -0.496 e. The van der Waals surface area contributed by atoms with E-state index in [2.05, 4.69) is 49.0 Å². The van der Waals surface area contributed by atoms with Crippen molar-refractivity contribution in [2.24, 2.45) is 5.10 Å². The van der Waals surface area contributed by atoms with Crippen LogP contribution >= 0.6 is 61.7 Å². The molecule has 0 heterocycles. The van der Waals surface area contributed by atoms with Gasteiger partial charge in [0.2, 0.25) is 0 Å². The molecular weight excluding hydrogens is 646 g/mol. The number of amides is 1. The molecule has 172 valence electrons. The van der Waals surface area contributed by atoms with Crippen LogP contribution in [0, 0.1) is 3.57 Å². The van der Waals surface area contributed by atoms with Crippen molar-refractivity contribution in [1.82, 2.24) is 5.43 Å². The highest BCUT2D eigenvalue weighted by atomic mass is 127. The van der Waals surface area contributed by atoms with Crippen LogP contribution in [0.3, 0.4) is 0 Å². The van der Waals surface area contributed by atoms with Crippen molar-refractivity contribution < 1.29 is 19.0 Å². The lowest BCUT2D eigenvalue weighted by atomic mass is 10.2. The van der Waals surface area contributed by atoms with Crippen LogP contribution in [-0.2, 0) is 6.61 Å². The number of hydrogen-bond acceptors (Lipinski definition) is 5. The fourth-order valence-corrected chi connectivity index (χ4v) is 4.37. The minimum atomic E-state index is -0.355. The summed E-state index contributed by atoms with van der Waals surface area (Å²) in [4.78, 5) is 12.4. The Labute approximate surface area is 223 Å². The number of hydrazone groups is 1. The van der Waals surface area contributed by atoms with Gasteiger partial charge < -0.3 is 14.2 Å². The second kappa shape index (κ2) is 11.9. The first-order valence-electron chi connectivity index (χ1n) is 9.43. The zero-order valence-electron chi connectivity index (χ0n) is 17.5. The van der Waals surface area contributed by atoms with Gasteiger partial charge in [0.05, 0.1) is 28.5 Å². The Hall–Kier alpha value is -2.01. The van der Waals surface area contributed by atoms with E-state index in [1.165, 1.54) is 13.3 Å². The molecule has 0 radical (unpaired) electrons. The summed E-state index contributed by atoms with van der Waals surface area (Å²) in [5.41, 5.74) is 4.42. The summed E-state index contributed by atoms with van der Waals surface area (Å²) in [7, 11) is 3.09. The largest absolute Gasteiger partial charge is 0.496 e. The summed E-state index contributed by atoms with van der Waals surface area (Å²) in [6.07, 6.45) is 1.51. The van der Waals surface area contributed by atoms with E-state index in [9.17, 15) is 4.79 Å². The average Bonchev–Trinajstić information content (AvgIpc) is 2.79. The van der Waals surface area contributed by atoms with Crippen molar-refractivity contribution in [2.75, 3.05) is 14.2 Å². The van der Waals surface area contributed by atoms with E-state index in [1.807, 2.05) is 0 Å². The highest BCUT2D eigenvalue weighted by Gasteiger charge is 2.13. The molecule has 3 aromatic carbocycles. The SMILES string of the molecule is COc1cc(C(=O)N/N=C\c2cc(Br)c(OCc3ccc(Cl)cc3Cl)c(OC)c2)ccc1I. The van der Waals surface area contributed by atoms with Crippen LogP contribution in [0.25, 0.3) is 0 Å². The van der Waals surface area contributed by atoms with E-state index in [4.69, 9.17) is 37.4 Å². The molecule has 6 nitrogen and oxygen atoms in total. The van der Waals surface area contributed by atoms with Crippen LogP contribution in [0.5, 0.6) is 17.2 Å². The van der Waals surface area contributed by atoms with E-state index in [0.717, 1.165) is 9.13 Å². The van der Waals surface area contributed by atoms with E-state index < -0.39 is 0 Å². The molecule has 33 heavy (non-hydrogen) atoms. The summed E-state index contributed by atoms with van der Waals surface area (Å²) in [6, 6.07) is 13.9. The number of hydrogen-bond donors (Lipinski definition) is 1. The van der Waals surface area contributed by atoms with Crippen LogP contribution in [0.4, 0.5) is 0 Å². The number of benzene rings is 3. The van der Waals surface area contributed by atoms with E-state index >= 15 is 0 Å². The molecule has 0 aliphatic carbocycles. The number of nitrogens with zero attached hydrogens (tertiary/aromatic N) is 1. The Morgan fingerprint density at radius 1 is 1.09 bits per heavy atom. The lowest BCUT2D eigenvalue weighted by Crippen LogP contribution is -2.17. The number of carbonyl (C=O) groups is 1. The smallest absolute Gasteiger partial charge is 0.271 e. The van der Waals surface area contributed by atoms with Crippen molar-refractivity contribution in [1.29, 1.82) is 0 Å². The number of rotatable bonds is 8. The molecule has 0 aliphatic rings. The molecule has 0 unspecified atom stereocenters. The van der Waals surface area contributed by atoms with Gasteiger partial charge in [0, 0.05) is 21.2 Å². The Balaban J connectivity index is 1.71. The predicted octanol–water partition coefficient (Wildman–Crippen LogP) is 6.72. The first kappa shape index (κ1) is 25.6. The van der Waals surface area contributed by atoms with Gasteiger partial charge in [0.1, 0.15) is 12.4 Å². The summed E-state index contributed by atoms with van der Waals surface area (Å²) in [6.45, 7) is 0.230. The van der Waals surface area contributed by atoms with Crippen molar-refractivity contribution in [2.45, 2.75) is 6.61 Å². The van der Waals surface area contributed by atoms with Crippen molar-refractivity contribution in [3.63, 3.8) is 0 Å². The Bertz CT molecular complexity index is 1210. The molecule has 0 saturated carbocycles.